The molecule has 2 aromatic rings. The maximum Gasteiger partial charge on any atom is 0.140 e. The third-order valence-corrected chi connectivity index (χ3v) is 4.03. The average molecular weight is 315 g/mol. The molecule has 4 heteroatoms. The number of aromatic nitrogens is 3. The van der Waals surface area contributed by atoms with Gasteiger partial charge in [-0.1, -0.05) is 6.07 Å². The first kappa shape index (κ1) is 14.5. The minimum absolute atomic E-state index is 0.706. The maximum absolute atomic E-state index is 5.22. The largest absolute Gasteiger partial charge is 0.497 e. The van der Waals surface area contributed by atoms with Crippen molar-refractivity contribution >= 4 is 0 Å². The number of methoxy groups -OCH3 is 1. The number of nitrogens with zero attached hydrogens (tertiary/aromatic N) is 3. The summed E-state index contributed by atoms with van der Waals surface area (Å²) >= 11 is 0. The summed E-state index contributed by atoms with van der Waals surface area (Å²) < 4.78 is 7.35. The van der Waals surface area contributed by atoms with Gasteiger partial charge < -0.3 is 9.30 Å². The average Bonchev–Trinajstić information content (AvgIpc) is 3.08. The molecule has 24 heavy (non-hydrogen) atoms. The van der Waals surface area contributed by atoms with E-state index in [0.717, 1.165) is 34.1 Å². The van der Waals surface area contributed by atoms with E-state index in [1.165, 1.54) is 0 Å². The molecule has 0 unspecified atom stereocenters. The Morgan fingerprint density at radius 1 is 0.958 bits per heavy atom. The van der Waals surface area contributed by atoms with Crippen LogP contribution in [0.5, 0.6) is 5.75 Å². The minimum atomic E-state index is 0.706. The molecule has 0 spiro atoms. The van der Waals surface area contributed by atoms with Gasteiger partial charge in [0, 0.05) is 23.5 Å². The van der Waals surface area contributed by atoms with Crippen molar-refractivity contribution in [2.75, 3.05) is 7.11 Å². The number of ether oxygens (including phenoxy) is 1. The fraction of sp³-hybridized carbons (Fsp3) is 0.100. The van der Waals surface area contributed by atoms with Gasteiger partial charge in [0.1, 0.15) is 11.6 Å². The fourth-order valence-electron chi connectivity index (χ4n) is 2.80. The van der Waals surface area contributed by atoms with Gasteiger partial charge in [-0.05, 0) is 54.6 Å². The second-order valence-corrected chi connectivity index (χ2v) is 5.61. The van der Waals surface area contributed by atoms with Crippen LogP contribution in [0.2, 0.25) is 0 Å². The smallest absolute Gasteiger partial charge is 0.140 e. The highest BCUT2D eigenvalue weighted by Crippen LogP contribution is 2.29. The molecule has 0 radical (unpaired) electrons. The Kier molecular flexibility index (Phi) is 3.71. The molecule has 1 aromatic heterocycles. The first-order valence-electron chi connectivity index (χ1n) is 7.84. The van der Waals surface area contributed by atoms with E-state index in [1.54, 1.807) is 7.11 Å². The summed E-state index contributed by atoms with van der Waals surface area (Å²) in [4.78, 5) is 9.23. The fourth-order valence-corrected chi connectivity index (χ4v) is 2.80. The molecule has 4 rings (SSSR count). The lowest BCUT2D eigenvalue weighted by molar-refractivity contribution is 0.415. The Labute approximate surface area is 140 Å². The van der Waals surface area contributed by atoms with E-state index >= 15 is 0 Å². The van der Waals surface area contributed by atoms with Crippen LogP contribution in [0.4, 0.5) is 0 Å². The van der Waals surface area contributed by atoms with Gasteiger partial charge in [-0.15, -0.1) is 0 Å². The molecular weight excluding hydrogens is 298 g/mol. The molecule has 0 aliphatic carbocycles. The first-order chi connectivity index (χ1) is 11.8. The number of benzene rings is 1. The zero-order valence-corrected chi connectivity index (χ0v) is 13.4. The van der Waals surface area contributed by atoms with Crippen LogP contribution in [-0.4, -0.2) is 21.6 Å². The summed E-state index contributed by atoms with van der Waals surface area (Å²) in [6.45, 7) is 0.706. The zero-order chi connectivity index (χ0) is 16.4. The van der Waals surface area contributed by atoms with E-state index in [0.29, 0.717) is 6.54 Å². The molecule has 0 atom stereocenters. The minimum Gasteiger partial charge on any atom is -0.497 e. The van der Waals surface area contributed by atoms with E-state index < -0.39 is 0 Å². The molecule has 2 aliphatic rings. The summed E-state index contributed by atoms with van der Waals surface area (Å²) in [5, 5.41) is 0. The number of hydrogen-bond donors (Lipinski definition) is 0. The van der Waals surface area contributed by atoms with Gasteiger partial charge in [-0.25, -0.2) is 4.98 Å². The van der Waals surface area contributed by atoms with Crippen LogP contribution in [0.1, 0.15) is 5.69 Å². The summed E-state index contributed by atoms with van der Waals surface area (Å²) in [5.74, 6) is 1.81. The Morgan fingerprint density at radius 3 is 2.58 bits per heavy atom. The Bertz CT molecular complexity index is 913. The van der Waals surface area contributed by atoms with Crippen molar-refractivity contribution in [3.63, 3.8) is 0 Å². The lowest BCUT2D eigenvalue weighted by atomic mass is 10.1. The van der Waals surface area contributed by atoms with Crippen LogP contribution < -0.4 is 4.74 Å². The van der Waals surface area contributed by atoms with E-state index in [-0.39, 0.29) is 0 Å². The van der Waals surface area contributed by atoms with Crippen LogP contribution in [-0.2, 0) is 6.54 Å². The number of pyridine rings is 2. The van der Waals surface area contributed by atoms with E-state index in [2.05, 4.69) is 21.7 Å². The van der Waals surface area contributed by atoms with E-state index in [1.807, 2.05) is 60.9 Å². The van der Waals surface area contributed by atoms with Crippen LogP contribution in [0.25, 0.3) is 22.6 Å². The van der Waals surface area contributed by atoms with Crippen LogP contribution in [0.15, 0.2) is 73.1 Å². The molecule has 3 heterocycles. The second kappa shape index (κ2) is 6.16. The number of fused-ring (bicyclic) bond motifs is 1. The summed E-state index contributed by atoms with van der Waals surface area (Å²) in [6.07, 6.45) is 3.86. The van der Waals surface area contributed by atoms with Gasteiger partial charge in [0.25, 0.3) is 0 Å². The monoisotopic (exact) mass is 315 g/mol. The Morgan fingerprint density at radius 2 is 1.83 bits per heavy atom. The van der Waals surface area contributed by atoms with Crippen molar-refractivity contribution in [3.05, 3.63) is 78.8 Å². The highest BCUT2D eigenvalue weighted by Gasteiger charge is 2.13. The highest BCUT2D eigenvalue weighted by molar-refractivity contribution is 5.72. The predicted molar refractivity (Wildman–Crippen MR) is 94.2 cm³/mol. The van der Waals surface area contributed by atoms with Crippen molar-refractivity contribution in [2.45, 2.75) is 6.54 Å². The lowest BCUT2D eigenvalue weighted by Crippen LogP contribution is -2.05. The SMILES string of the molecule is COc1ccc(-c2cc3cccn(Cc4ccccn4)c-3n2)cc1. The first-order valence-corrected chi connectivity index (χ1v) is 7.84. The Balaban J connectivity index is 1.72. The highest BCUT2D eigenvalue weighted by atomic mass is 16.5. The number of hydrogen-bond acceptors (Lipinski definition) is 3. The summed E-state index contributed by atoms with van der Waals surface area (Å²) in [6, 6.07) is 20.2. The third-order valence-electron chi connectivity index (χ3n) is 4.03. The van der Waals surface area contributed by atoms with Gasteiger partial charge in [-0.3, -0.25) is 4.98 Å². The molecule has 0 saturated heterocycles. The van der Waals surface area contributed by atoms with E-state index in [9.17, 15) is 0 Å². The molecule has 1 aromatic carbocycles. The van der Waals surface area contributed by atoms with Gasteiger partial charge in [0.15, 0.2) is 0 Å². The second-order valence-electron chi connectivity index (χ2n) is 5.61. The van der Waals surface area contributed by atoms with Crippen molar-refractivity contribution in [3.8, 4) is 28.4 Å². The molecule has 0 amide bonds. The van der Waals surface area contributed by atoms with Crippen LogP contribution >= 0.6 is 0 Å². The number of rotatable bonds is 4. The van der Waals surface area contributed by atoms with E-state index in [4.69, 9.17) is 9.72 Å². The van der Waals surface area contributed by atoms with Gasteiger partial charge in [-0.2, -0.15) is 0 Å². The molecule has 0 saturated carbocycles. The molecule has 118 valence electrons. The Hall–Kier alpha value is -3.14. The van der Waals surface area contributed by atoms with Crippen LogP contribution in [0.3, 0.4) is 0 Å². The van der Waals surface area contributed by atoms with Gasteiger partial charge >= 0.3 is 0 Å². The van der Waals surface area contributed by atoms with Crippen LogP contribution in [0, 0.1) is 0 Å². The molecule has 0 bridgehead atoms. The lowest BCUT2D eigenvalue weighted by Gasteiger charge is -2.10. The molecule has 2 aliphatic heterocycles. The quantitative estimate of drug-likeness (QED) is 0.569. The standard InChI is InChI=1S/C20H17N3O/c1-24-18-9-7-15(8-10-18)19-13-16-5-4-12-23(20(16)22-19)14-17-6-2-3-11-21-17/h2-13H,14H2,1H3. The predicted octanol–water partition coefficient (Wildman–Crippen LogP) is 4.11. The van der Waals surface area contributed by atoms with Gasteiger partial charge in [0.05, 0.1) is 25.0 Å². The van der Waals surface area contributed by atoms with Crippen molar-refractivity contribution < 1.29 is 4.74 Å². The maximum atomic E-state index is 5.22. The van der Waals surface area contributed by atoms with Crippen molar-refractivity contribution in [1.82, 2.24) is 14.5 Å². The summed E-state index contributed by atoms with van der Waals surface area (Å²) in [5.41, 5.74) is 4.19. The normalized spacial score (nSPS) is 10.9. The summed E-state index contributed by atoms with van der Waals surface area (Å²) in [7, 11) is 1.67. The van der Waals surface area contributed by atoms with Gasteiger partial charge in [0.2, 0.25) is 0 Å². The third kappa shape index (κ3) is 2.74. The molecule has 0 N–H and O–H groups in total. The molecule has 0 fully saturated rings. The molecular formula is C20H17N3O. The van der Waals surface area contributed by atoms with Crippen molar-refractivity contribution in [1.29, 1.82) is 0 Å². The molecule has 4 nitrogen and oxygen atoms in total. The zero-order valence-electron chi connectivity index (χ0n) is 13.4. The topological polar surface area (TPSA) is 39.9 Å². The van der Waals surface area contributed by atoms with Crippen molar-refractivity contribution in [2.24, 2.45) is 0 Å².